The quantitative estimate of drug-likeness (QED) is 0.814. The van der Waals surface area contributed by atoms with E-state index in [1.54, 1.807) is 0 Å². The summed E-state index contributed by atoms with van der Waals surface area (Å²) in [5.41, 5.74) is -0.116. The Morgan fingerprint density at radius 3 is 2.31 bits per heavy atom. The molecule has 1 rings (SSSR count). The normalized spacial score (nSPS) is 11.5. The minimum atomic E-state index is -3.98. The van der Waals surface area contributed by atoms with Gasteiger partial charge in [-0.25, -0.2) is 17.2 Å². The van der Waals surface area contributed by atoms with E-state index in [-0.39, 0.29) is 17.8 Å². The molecular weight excluding hydrogens is 238 g/mol. The van der Waals surface area contributed by atoms with E-state index < -0.39 is 26.4 Å². The van der Waals surface area contributed by atoms with E-state index in [2.05, 4.69) is 0 Å². The Morgan fingerprint density at radius 1 is 1.31 bits per heavy atom. The fourth-order valence-corrected chi connectivity index (χ4v) is 2.20. The van der Waals surface area contributed by atoms with Gasteiger partial charge >= 0.3 is 0 Å². The van der Waals surface area contributed by atoms with Crippen LogP contribution in [0.15, 0.2) is 17.0 Å². The van der Waals surface area contributed by atoms with Gasteiger partial charge in [-0.2, -0.15) is 0 Å². The first-order valence-corrected chi connectivity index (χ1v) is 6.29. The molecule has 88 valence electrons. The Hall–Kier alpha value is -1.30. The van der Waals surface area contributed by atoms with Gasteiger partial charge in [0.25, 0.3) is 0 Å². The van der Waals surface area contributed by atoms with Crippen LogP contribution in [0.25, 0.3) is 0 Å². The van der Waals surface area contributed by atoms with Crippen molar-refractivity contribution < 1.29 is 22.0 Å². The van der Waals surface area contributed by atoms with Crippen molar-refractivity contribution in [2.45, 2.75) is 18.2 Å². The van der Waals surface area contributed by atoms with E-state index in [0.717, 1.165) is 12.1 Å². The molecule has 6 heteroatoms. The van der Waals surface area contributed by atoms with Crippen molar-refractivity contribution in [3.05, 3.63) is 29.3 Å². The van der Waals surface area contributed by atoms with Crippen LogP contribution in [0, 0.1) is 11.6 Å². The highest BCUT2D eigenvalue weighted by atomic mass is 32.2. The van der Waals surface area contributed by atoms with Crippen molar-refractivity contribution in [1.82, 2.24) is 0 Å². The standard InChI is InChI=1S/C10H10F2O3S/c1-6(13)5-7-3-4-8(11)10(9(7)12)16(2,14)15/h3-4H,5H2,1-2H3. The smallest absolute Gasteiger partial charge is 0.181 e. The van der Waals surface area contributed by atoms with E-state index in [1.807, 2.05) is 0 Å². The molecule has 0 bridgehead atoms. The maximum Gasteiger partial charge on any atom is 0.181 e. The van der Waals surface area contributed by atoms with Gasteiger partial charge in [-0.05, 0) is 18.6 Å². The predicted molar refractivity (Wildman–Crippen MR) is 53.9 cm³/mol. The second-order valence-corrected chi connectivity index (χ2v) is 5.45. The van der Waals surface area contributed by atoms with Crippen molar-refractivity contribution in [3.8, 4) is 0 Å². The average Bonchev–Trinajstić information content (AvgIpc) is 2.07. The highest BCUT2D eigenvalue weighted by Gasteiger charge is 2.22. The number of rotatable bonds is 3. The summed E-state index contributed by atoms with van der Waals surface area (Å²) < 4.78 is 49.1. The number of Topliss-reactive ketones (excluding diaryl/α,β-unsaturated/α-hetero) is 1. The SMILES string of the molecule is CC(=O)Cc1ccc(F)c(S(C)(=O)=O)c1F. The molecule has 1 aromatic rings. The lowest BCUT2D eigenvalue weighted by Crippen LogP contribution is -2.09. The Labute approximate surface area is 92.0 Å². The van der Waals surface area contributed by atoms with Crippen molar-refractivity contribution in [3.63, 3.8) is 0 Å². The van der Waals surface area contributed by atoms with Crippen LogP contribution in [0.4, 0.5) is 8.78 Å². The first-order valence-electron chi connectivity index (χ1n) is 4.40. The van der Waals surface area contributed by atoms with Crippen molar-refractivity contribution in [2.24, 2.45) is 0 Å². The minimum absolute atomic E-state index is 0.116. The maximum absolute atomic E-state index is 13.6. The van der Waals surface area contributed by atoms with Crippen LogP contribution >= 0.6 is 0 Å². The largest absolute Gasteiger partial charge is 0.300 e. The monoisotopic (exact) mass is 248 g/mol. The van der Waals surface area contributed by atoms with Crippen LogP contribution in [-0.4, -0.2) is 20.5 Å². The summed E-state index contributed by atoms with van der Waals surface area (Å²) in [4.78, 5) is 9.82. The minimum Gasteiger partial charge on any atom is -0.300 e. The first-order chi connectivity index (χ1) is 7.23. The number of halogens is 2. The zero-order valence-electron chi connectivity index (χ0n) is 8.75. The summed E-state index contributed by atoms with van der Waals surface area (Å²) in [5, 5.41) is 0. The first kappa shape index (κ1) is 12.8. The van der Waals surface area contributed by atoms with Gasteiger partial charge < -0.3 is 0 Å². The van der Waals surface area contributed by atoms with Crippen LogP contribution in [-0.2, 0) is 21.1 Å². The van der Waals surface area contributed by atoms with Crippen LogP contribution < -0.4 is 0 Å². The van der Waals surface area contributed by atoms with E-state index in [4.69, 9.17) is 0 Å². The van der Waals surface area contributed by atoms with Crippen LogP contribution in [0.2, 0.25) is 0 Å². The number of carbonyl (C=O) groups is 1. The molecule has 0 radical (unpaired) electrons. The molecular formula is C10H10F2O3S. The van der Waals surface area contributed by atoms with Gasteiger partial charge in [0.2, 0.25) is 0 Å². The molecule has 0 aliphatic rings. The molecule has 0 aliphatic carbocycles. The van der Waals surface area contributed by atoms with Gasteiger partial charge in [-0.15, -0.1) is 0 Å². The predicted octanol–water partition coefficient (Wildman–Crippen LogP) is 1.50. The zero-order valence-corrected chi connectivity index (χ0v) is 9.57. The number of carbonyl (C=O) groups excluding carboxylic acids is 1. The molecule has 3 nitrogen and oxygen atoms in total. The van der Waals surface area contributed by atoms with E-state index in [1.165, 1.54) is 6.92 Å². The summed E-state index contributed by atoms with van der Waals surface area (Å²) in [7, 11) is -3.98. The highest BCUT2D eigenvalue weighted by molar-refractivity contribution is 7.90. The summed E-state index contributed by atoms with van der Waals surface area (Å²) in [6.45, 7) is 1.24. The molecule has 0 heterocycles. The zero-order chi connectivity index (χ0) is 12.5. The number of hydrogen-bond donors (Lipinski definition) is 0. The number of hydrogen-bond acceptors (Lipinski definition) is 3. The fourth-order valence-electron chi connectivity index (χ4n) is 1.32. The molecule has 1 aromatic carbocycles. The fraction of sp³-hybridized carbons (Fsp3) is 0.300. The molecule has 0 aromatic heterocycles. The average molecular weight is 248 g/mol. The second-order valence-electron chi connectivity index (χ2n) is 3.50. The lowest BCUT2D eigenvalue weighted by atomic mass is 10.1. The summed E-state index contributed by atoms with van der Waals surface area (Å²) >= 11 is 0. The summed E-state index contributed by atoms with van der Waals surface area (Å²) in [6.07, 6.45) is 0.459. The van der Waals surface area contributed by atoms with Gasteiger partial charge in [0.15, 0.2) is 9.84 Å². The van der Waals surface area contributed by atoms with Crippen LogP contribution in [0.5, 0.6) is 0 Å². The molecule has 0 saturated heterocycles. The molecule has 0 spiro atoms. The van der Waals surface area contributed by atoms with E-state index in [0.29, 0.717) is 6.26 Å². The molecule has 0 atom stereocenters. The highest BCUT2D eigenvalue weighted by Crippen LogP contribution is 2.22. The third kappa shape index (κ3) is 2.63. The lowest BCUT2D eigenvalue weighted by Gasteiger charge is -2.06. The maximum atomic E-state index is 13.6. The van der Waals surface area contributed by atoms with E-state index >= 15 is 0 Å². The Bertz CT molecular complexity index is 535. The van der Waals surface area contributed by atoms with Crippen LogP contribution in [0.3, 0.4) is 0 Å². The molecule has 0 aliphatic heterocycles. The molecule has 16 heavy (non-hydrogen) atoms. The molecule has 0 N–H and O–H groups in total. The van der Waals surface area contributed by atoms with Crippen molar-refractivity contribution >= 4 is 15.6 Å². The summed E-state index contributed by atoms with van der Waals surface area (Å²) in [5.74, 6) is -2.66. The topological polar surface area (TPSA) is 51.2 Å². The van der Waals surface area contributed by atoms with Gasteiger partial charge in [0.1, 0.15) is 22.3 Å². The third-order valence-electron chi connectivity index (χ3n) is 1.94. The Morgan fingerprint density at radius 2 is 1.88 bits per heavy atom. The lowest BCUT2D eigenvalue weighted by molar-refractivity contribution is -0.116. The Balaban J connectivity index is 3.45. The molecule has 0 saturated carbocycles. The van der Waals surface area contributed by atoms with Gasteiger partial charge in [0, 0.05) is 12.7 Å². The molecule has 0 unspecified atom stereocenters. The number of sulfone groups is 1. The van der Waals surface area contributed by atoms with E-state index in [9.17, 15) is 22.0 Å². The van der Waals surface area contributed by atoms with Crippen LogP contribution in [0.1, 0.15) is 12.5 Å². The van der Waals surface area contributed by atoms with Gasteiger partial charge in [-0.1, -0.05) is 6.07 Å². The van der Waals surface area contributed by atoms with Crippen molar-refractivity contribution in [1.29, 1.82) is 0 Å². The van der Waals surface area contributed by atoms with Crippen molar-refractivity contribution in [2.75, 3.05) is 6.26 Å². The van der Waals surface area contributed by atoms with Gasteiger partial charge in [-0.3, -0.25) is 4.79 Å². The molecule has 0 fully saturated rings. The number of benzene rings is 1. The number of ketones is 1. The summed E-state index contributed by atoms with van der Waals surface area (Å²) in [6, 6.07) is 1.92. The molecule has 0 amide bonds. The second kappa shape index (κ2) is 4.29. The third-order valence-corrected chi connectivity index (χ3v) is 3.06. The Kier molecular flexibility index (Phi) is 3.42. The van der Waals surface area contributed by atoms with Gasteiger partial charge in [0.05, 0.1) is 0 Å².